The lowest BCUT2D eigenvalue weighted by Crippen LogP contribution is -2.08. The van der Waals surface area contributed by atoms with Crippen LogP contribution < -0.4 is 0 Å². The van der Waals surface area contributed by atoms with E-state index in [0.717, 1.165) is 5.69 Å². The van der Waals surface area contributed by atoms with Gasteiger partial charge in [0.05, 0.1) is 12.1 Å². The summed E-state index contributed by atoms with van der Waals surface area (Å²) < 4.78 is 10.3. The summed E-state index contributed by atoms with van der Waals surface area (Å²) in [7, 11) is 0. The number of aromatic nitrogens is 2. The number of pyridine rings is 1. The predicted molar refractivity (Wildman–Crippen MR) is 73.6 cm³/mol. The Hall–Kier alpha value is -2.50. The zero-order valence-electron chi connectivity index (χ0n) is 12.0. The van der Waals surface area contributed by atoms with Crippen molar-refractivity contribution in [2.45, 2.75) is 33.3 Å². The average Bonchev–Trinajstić information content (AvgIpc) is 2.82. The third-order valence-electron chi connectivity index (χ3n) is 2.97. The fraction of sp³-hybridized carbons (Fsp3) is 0.333. The van der Waals surface area contributed by atoms with Gasteiger partial charge in [-0.3, -0.25) is 14.6 Å². The van der Waals surface area contributed by atoms with Crippen molar-refractivity contribution < 1.29 is 18.7 Å². The SMILES string of the molecule is Cc1nc(COC(=O)CCC(=O)c2cccnc2)oc1C. The highest BCUT2D eigenvalue weighted by Crippen LogP contribution is 2.10. The standard InChI is InChI=1S/C15H16N2O4/c1-10-11(2)21-14(17-10)9-20-15(19)6-5-13(18)12-4-3-7-16-8-12/h3-4,7-8H,5-6,9H2,1-2H3. The zero-order chi connectivity index (χ0) is 15.2. The van der Waals surface area contributed by atoms with Crippen molar-refractivity contribution >= 4 is 11.8 Å². The molecule has 0 atom stereocenters. The summed E-state index contributed by atoms with van der Waals surface area (Å²) in [5, 5.41) is 0. The number of nitrogens with zero attached hydrogens (tertiary/aromatic N) is 2. The van der Waals surface area contributed by atoms with E-state index in [2.05, 4.69) is 9.97 Å². The van der Waals surface area contributed by atoms with Gasteiger partial charge in [0.1, 0.15) is 5.76 Å². The molecule has 110 valence electrons. The Bertz CT molecular complexity index is 615. The number of ketones is 1. The van der Waals surface area contributed by atoms with Crippen LogP contribution in [0.1, 0.15) is 40.5 Å². The fourth-order valence-electron chi connectivity index (χ4n) is 1.70. The van der Waals surface area contributed by atoms with E-state index in [0.29, 0.717) is 17.2 Å². The van der Waals surface area contributed by atoms with E-state index in [4.69, 9.17) is 9.15 Å². The minimum atomic E-state index is -0.458. The van der Waals surface area contributed by atoms with Crippen LogP contribution in [0.4, 0.5) is 0 Å². The molecule has 2 heterocycles. The molecule has 0 aliphatic rings. The normalized spacial score (nSPS) is 10.4. The molecule has 6 nitrogen and oxygen atoms in total. The molecule has 0 amide bonds. The van der Waals surface area contributed by atoms with Crippen molar-refractivity contribution in [2.75, 3.05) is 0 Å². The van der Waals surface area contributed by atoms with Gasteiger partial charge in [0.15, 0.2) is 12.4 Å². The molecule has 0 saturated carbocycles. The van der Waals surface area contributed by atoms with E-state index in [9.17, 15) is 9.59 Å². The Morgan fingerprint density at radius 3 is 2.71 bits per heavy atom. The Balaban J connectivity index is 1.76. The number of rotatable bonds is 6. The zero-order valence-corrected chi connectivity index (χ0v) is 12.0. The van der Waals surface area contributed by atoms with E-state index < -0.39 is 5.97 Å². The molecule has 2 rings (SSSR count). The van der Waals surface area contributed by atoms with Gasteiger partial charge >= 0.3 is 5.97 Å². The molecule has 6 heteroatoms. The molecule has 0 N–H and O–H groups in total. The Labute approximate surface area is 122 Å². The number of oxazole rings is 1. The van der Waals surface area contributed by atoms with E-state index in [1.54, 1.807) is 25.3 Å². The molecule has 0 fully saturated rings. The Morgan fingerprint density at radius 1 is 1.29 bits per heavy atom. The Morgan fingerprint density at radius 2 is 2.10 bits per heavy atom. The number of hydrogen-bond donors (Lipinski definition) is 0. The molecule has 0 radical (unpaired) electrons. The van der Waals surface area contributed by atoms with E-state index in [1.807, 2.05) is 6.92 Å². The number of ether oxygens (including phenoxy) is 1. The summed E-state index contributed by atoms with van der Waals surface area (Å²) in [6.45, 7) is 3.59. The van der Waals surface area contributed by atoms with Crippen molar-refractivity contribution in [1.82, 2.24) is 9.97 Å². The number of esters is 1. The minimum absolute atomic E-state index is 0.0192. The molecule has 2 aromatic heterocycles. The predicted octanol–water partition coefficient (Wildman–Crippen LogP) is 2.39. The van der Waals surface area contributed by atoms with Crippen LogP contribution in [0.2, 0.25) is 0 Å². The van der Waals surface area contributed by atoms with Crippen molar-refractivity contribution in [3.8, 4) is 0 Å². The van der Waals surface area contributed by atoms with Crippen LogP contribution in [-0.4, -0.2) is 21.7 Å². The van der Waals surface area contributed by atoms with Gasteiger partial charge in [-0.15, -0.1) is 0 Å². The van der Waals surface area contributed by atoms with Gasteiger partial charge in [-0.05, 0) is 26.0 Å². The lowest BCUT2D eigenvalue weighted by Gasteiger charge is -2.02. The maximum absolute atomic E-state index is 11.8. The fourth-order valence-corrected chi connectivity index (χ4v) is 1.70. The van der Waals surface area contributed by atoms with Crippen molar-refractivity contribution in [3.63, 3.8) is 0 Å². The van der Waals surface area contributed by atoms with Crippen LogP contribution in [0.5, 0.6) is 0 Å². The van der Waals surface area contributed by atoms with Crippen LogP contribution in [0.3, 0.4) is 0 Å². The van der Waals surface area contributed by atoms with Crippen molar-refractivity contribution in [1.29, 1.82) is 0 Å². The first kappa shape index (κ1) is 14.9. The van der Waals surface area contributed by atoms with Crippen LogP contribution in [0.25, 0.3) is 0 Å². The first-order valence-electron chi connectivity index (χ1n) is 6.58. The van der Waals surface area contributed by atoms with E-state index in [1.165, 1.54) is 6.20 Å². The topological polar surface area (TPSA) is 82.3 Å². The quantitative estimate of drug-likeness (QED) is 0.599. The third-order valence-corrected chi connectivity index (χ3v) is 2.97. The van der Waals surface area contributed by atoms with Crippen molar-refractivity contribution in [3.05, 3.63) is 47.4 Å². The number of aryl methyl sites for hydroxylation is 2. The molecule has 21 heavy (non-hydrogen) atoms. The molecular weight excluding hydrogens is 272 g/mol. The lowest BCUT2D eigenvalue weighted by atomic mass is 10.1. The highest BCUT2D eigenvalue weighted by Gasteiger charge is 2.12. The second-order valence-corrected chi connectivity index (χ2v) is 4.57. The summed E-state index contributed by atoms with van der Waals surface area (Å²) in [4.78, 5) is 31.3. The number of Topliss-reactive ketones (excluding diaryl/α,β-unsaturated/α-hetero) is 1. The molecule has 0 bridgehead atoms. The van der Waals surface area contributed by atoms with Gasteiger partial charge in [0.2, 0.25) is 5.89 Å². The van der Waals surface area contributed by atoms with Gasteiger partial charge in [-0.2, -0.15) is 0 Å². The summed E-state index contributed by atoms with van der Waals surface area (Å²) >= 11 is 0. The first-order chi connectivity index (χ1) is 10.1. The van der Waals surface area contributed by atoms with Crippen molar-refractivity contribution in [2.24, 2.45) is 0 Å². The van der Waals surface area contributed by atoms with Gasteiger partial charge in [-0.25, -0.2) is 4.98 Å². The van der Waals surface area contributed by atoms with Gasteiger partial charge < -0.3 is 9.15 Å². The molecule has 0 saturated heterocycles. The molecule has 0 aliphatic heterocycles. The third kappa shape index (κ3) is 4.24. The van der Waals surface area contributed by atoms with Crippen LogP contribution in [0, 0.1) is 13.8 Å². The highest BCUT2D eigenvalue weighted by molar-refractivity contribution is 5.97. The monoisotopic (exact) mass is 288 g/mol. The van der Waals surface area contributed by atoms with E-state index >= 15 is 0 Å². The average molecular weight is 288 g/mol. The van der Waals surface area contributed by atoms with Crippen LogP contribution in [0.15, 0.2) is 28.9 Å². The maximum Gasteiger partial charge on any atom is 0.306 e. The van der Waals surface area contributed by atoms with Gasteiger partial charge in [0.25, 0.3) is 0 Å². The molecule has 0 unspecified atom stereocenters. The summed E-state index contributed by atoms with van der Waals surface area (Å²) in [6, 6.07) is 3.35. The van der Waals surface area contributed by atoms with Crippen LogP contribution in [-0.2, 0) is 16.1 Å². The smallest absolute Gasteiger partial charge is 0.306 e. The summed E-state index contributed by atoms with van der Waals surface area (Å²) in [6.07, 6.45) is 3.18. The molecule has 0 aromatic carbocycles. The molecular formula is C15H16N2O4. The molecule has 2 aromatic rings. The molecule has 0 aliphatic carbocycles. The lowest BCUT2D eigenvalue weighted by molar-refractivity contribution is -0.145. The largest absolute Gasteiger partial charge is 0.456 e. The number of hydrogen-bond acceptors (Lipinski definition) is 6. The van der Waals surface area contributed by atoms with Gasteiger partial charge in [-0.1, -0.05) is 0 Å². The summed E-state index contributed by atoms with van der Waals surface area (Å²) in [5.41, 5.74) is 1.26. The summed E-state index contributed by atoms with van der Waals surface area (Å²) in [5.74, 6) is 0.466. The maximum atomic E-state index is 11.8. The second-order valence-electron chi connectivity index (χ2n) is 4.57. The van der Waals surface area contributed by atoms with Crippen LogP contribution >= 0.6 is 0 Å². The highest BCUT2D eigenvalue weighted by atomic mass is 16.5. The van der Waals surface area contributed by atoms with E-state index in [-0.39, 0.29) is 25.2 Å². The molecule has 0 spiro atoms. The minimum Gasteiger partial charge on any atom is -0.456 e. The Kier molecular flexibility index (Phi) is 4.81. The number of carbonyl (C=O) groups is 2. The number of carbonyl (C=O) groups excluding carboxylic acids is 2. The second kappa shape index (κ2) is 6.78. The van der Waals surface area contributed by atoms with Gasteiger partial charge in [0, 0.05) is 24.4 Å². The first-order valence-corrected chi connectivity index (χ1v) is 6.58.